The minimum absolute atomic E-state index is 0.0643. The van der Waals surface area contributed by atoms with Crippen LogP contribution in [0.1, 0.15) is 47.7 Å². The van der Waals surface area contributed by atoms with Gasteiger partial charge in [0, 0.05) is 10.6 Å². The first-order valence-electron chi connectivity index (χ1n) is 9.62. The number of rotatable bonds is 1. The lowest BCUT2D eigenvalue weighted by molar-refractivity contribution is -0.119. The molecule has 0 saturated heterocycles. The van der Waals surface area contributed by atoms with Gasteiger partial charge in [0.05, 0.1) is 11.7 Å². The van der Waals surface area contributed by atoms with E-state index in [1.54, 1.807) is 22.2 Å². The highest BCUT2D eigenvalue weighted by molar-refractivity contribution is 7.18. The van der Waals surface area contributed by atoms with E-state index >= 15 is 0 Å². The molecule has 0 bridgehead atoms. The highest BCUT2D eigenvalue weighted by Gasteiger charge is 2.28. The summed E-state index contributed by atoms with van der Waals surface area (Å²) < 4.78 is 1.56. The molecule has 1 aromatic carbocycles. The summed E-state index contributed by atoms with van der Waals surface area (Å²) >= 11 is 1.65. The second-order valence-corrected chi connectivity index (χ2v) is 8.49. The first kappa shape index (κ1) is 16.7. The maximum Gasteiger partial charge on any atom is 0.263 e. The standard InChI is InChI=1S/C21H21N3O2S/c25-19-16(11-10-13-6-4-5-8-15(13)23-19)24-12-22-20-18(21(24)26)14-7-2-1-3-9-17(14)27-20/h4-6,8,12,16H,1-3,7,9-11H2,(H,23,25)/t16-/m0/s1. The molecule has 27 heavy (non-hydrogen) atoms. The second-order valence-electron chi connectivity index (χ2n) is 7.40. The number of aromatic nitrogens is 2. The van der Waals surface area contributed by atoms with Crippen LogP contribution in [-0.2, 0) is 24.1 Å². The molecule has 3 aromatic rings. The Labute approximate surface area is 161 Å². The number of thiophene rings is 1. The van der Waals surface area contributed by atoms with Crippen LogP contribution in [0, 0.1) is 0 Å². The smallest absolute Gasteiger partial charge is 0.263 e. The Balaban J connectivity index is 1.59. The van der Waals surface area contributed by atoms with E-state index in [-0.39, 0.29) is 11.5 Å². The normalized spacial score (nSPS) is 19.7. The molecule has 1 aliphatic heterocycles. The molecule has 3 heterocycles. The Bertz CT molecular complexity index is 1100. The Morgan fingerprint density at radius 2 is 1.93 bits per heavy atom. The molecule has 0 saturated carbocycles. The number of anilines is 1. The third kappa shape index (κ3) is 2.79. The van der Waals surface area contributed by atoms with Crippen molar-refractivity contribution in [2.45, 2.75) is 51.0 Å². The molecule has 0 fully saturated rings. The van der Waals surface area contributed by atoms with Gasteiger partial charge in [-0.2, -0.15) is 0 Å². The fourth-order valence-corrected chi connectivity index (χ4v) is 5.54. The molecule has 1 atom stereocenters. The van der Waals surface area contributed by atoms with Crippen LogP contribution < -0.4 is 10.9 Å². The highest BCUT2D eigenvalue weighted by atomic mass is 32.1. The highest BCUT2D eigenvalue weighted by Crippen LogP contribution is 2.33. The Hall–Kier alpha value is -2.47. The van der Waals surface area contributed by atoms with Gasteiger partial charge >= 0.3 is 0 Å². The molecule has 1 N–H and O–H groups in total. The molecule has 5 nitrogen and oxygen atoms in total. The summed E-state index contributed by atoms with van der Waals surface area (Å²) in [4.78, 5) is 32.9. The molecule has 1 aliphatic carbocycles. The maximum absolute atomic E-state index is 13.4. The molecule has 6 heteroatoms. The van der Waals surface area contributed by atoms with Gasteiger partial charge in [-0.3, -0.25) is 14.2 Å². The lowest BCUT2D eigenvalue weighted by Gasteiger charge is -2.16. The zero-order valence-electron chi connectivity index (χ0n) is 15.0. The Morgan fingerprint density at radius 3 is 2.85 bits per heavy atom. The number of nitrogens with one attached hydrogen (secondary N) is 1. The van der Waals surface area contributed by atoms with Crippen LogP contribution in [0.15, 0.2) is 35.4 Å². The molecule has 1 amide bonds. The molecule has 2 aromatic heterocycles. The molecule has 138 valence electrons. The molecular weight excluding hydrogens is 358 g/mol. The topological polar surface area (TPSA) is 64.0 Å². The summed E-state index contributed by atoms with van der Waals surface area (Å²) in [5, 5.41) is 3.73. The lowest BCUT2D eigenvalue weighted by Crippen LogP contribution is -2.33. The summed E-state index contributed by atoms with van der Waals surface area (Å²) in [6.07, 6.45) is 8.41. The van der Waals surface area contributed by atoms with Gasteiger partial charge in [0.1, 0.15) is 10.9 Å². The van der Waals surface area contributed by atoms with Crippen LogP contribution in [0.2, 0.25) is 0 Å². The summed E-state index contributed by atoms with van der Waals surface area (Å²) in [5.41, 5.74) is 3.07. The number of fused-ring (bicyclic) bond motifs is 4. The van der Waals surface area contributed by atoms with Gasteiger partial charge in [-0.25, -0.2) is 4.98 Å². The first-order chi connectivity index (χ1) is 13.2. The van der Waals surface area contributed by atoms with Gasteiger partial charge in [0.15, 0.2) is 0 Å². The van der Waals surface area contributed by atoms with Crippen molar-refractivity contribution in [1.29, 1.82) is 0 Å². The van der Waals surface area contributed by atoms with Crippen molar-refractivity contribution >= 4 is 33.1 Å². The van der Waals surface area contributed by atoms with E-state index in [9.17, 15) is 9.59 Å². The number of carbonyl (C=O) groups excluding carboxylic acids is 1. The van der Waals surface area contributed by atoms with Gasteiger partial charge in [-0.05, 0) is 55.7 Å². The summed E-state index contributed by atoms with van der Waals surface area (Å²) in [6.45, 7) is 0. The van der Waals surface area contributed by atoms with E-state index in [0.29, 0.717) is 6.42 Å². The van der Waals surface area contributed by atoms with E-state index in [1.807, 2.05) is 24.3 Å². The van der Waals surface area contributed by atoms with E-state index in [1.165, 1.54) is 23.3 Å². The predicted octanol–water partition coefficient (Wildman–Crippen LogP) is 3.85. The van der Waals surface area contributed by atoms with E-state index in [2.05, 4.69) is 10.3 Å². The van der Waals surface area contributed by atoms with Crippen LogP contribution in [0.5, 0.6) is 0 Å². The predicted molar refractivity (Wildman–Crippen MR) is 108 cm³/mol. The minimum Gasteiger partial charge on any atom is -0.324 e. The van der Waals surface area contributed by atoms with Crippen molar-refractivity contribution in [2.75, 3.05) is 5.32 Å². The summed E-state index contributed by atoms with van der Waals surface area (Å²) in [5.74, 6) is -0.135. The SMILES string of the molecule is O=C1Nc2ccccc2CC[C@@H]1n1cnc2sc3c(c2c1=O)CCCCC3. The number of benzene rings is 1. The van der Waals surface area contributed by atoms with Crippen molar-refractivity contribution in [3.63, 3.8) is 0 Å². The van der Waals surface area contributed by atoms with E-state index in [0.717, 1.165) is 47.2 Å². The Morgan fingerprint density at radius 1 is 1.07 bits per heavy atom. The number of hydrogen-bond acceptors (Lipinski definition) is 4. The fourth-order valence-electron chi connectivity index (χ4n) is 4.32. The van der Waals surface area contributed by atoms with Crippen LogP contribution in [0.3, 0.4) is 0 Å². The molecule has 0 unspecified atom stereocenters. The average molecular weight is 379 g/mol. The van der Waals surface area contributed by atoms with Gasteiger partial charge in [-0.15, -0.1) is 11.3 Å². The zero-order valence-corrected chi connectivity index (χ0v) is 15.8. The maximum atomic E-state index is 13.4. The number of nitrogens with zero attached hydrogens (tertiary/aromatic N) is 2. The summed E-state index contributed by atoms with van der Waals surface area (Å²) in [7, 11) is 0. The zero-order chi connectivity index (χ0) is 18.4. The van der Waals surface area contributed by atoms with Gasteiger partial charge in [0.25, 0.3) is 5.56 Å². The van der Waals surface area contributed by atoms with Crippen molar-refractivity contribution in [2.24, 2.45) is 0 Å². The van der Waals surface area contributed by atoms with Gasteiger partial charge in [-0.1, -0.05) is 24.6 Å². The Kier molecular flexibility index (Phi) is 4.08. The van der Waals surface area contributed by atoms with Crippen LogP contribution in [-0.4, -0.2) is 15.5 Å². The number of aryl methyl sites for hydroxylation is 3. The molecular formula is C21H21N3O2S. The van der Waals surface area contributed by atoms with Crippen LogP contribution >= 0.6 is 11.3 Å². The van der Waals surface area contributed by atoms with E-state index < -0.39 is 6.04 Å². The van der Waals surface area contributed by atoms with Crippen LogP contribution in [0.25, 0.3) is 10.2 Å². The molecule has 0 spiro atoms. The minimum atomic E-state index is -0.525. The van der Waals surface area contributed by atoms with Gasteiger partial charge < -0.3 is 5.32 Å². The molecule has 0 radical (unpaired) electrons. The fraction of sp³-hybridized carbons (Fsp3) is 0.381. The van der Waals surface area contributed by atoms with Crippen molar-refractivity contribution in [1.82, 2.24) is 9.55 Å². The largest absolute Gasteiger partial charge is 0.324 e. The second kappa shape index (κ2) is 6.60. The van der Waals surface area contributed by atoms with Gasteiger partial charge in [0.2, 0.25) is 5.91 Å². The number of hydrogen-bond donors (Lipinski definition) is 1. The lowest BCUT2D eigenvalue weighted by atomic mass is 10.1. The van der Waals surface area contributed by atoms with E-state index in [4.69, 9.17) is 0 Å². The quantitative estimate of drug-likeness (QED) is 0.653. The molecule has 5 rings (SSSR count). The number of amides is 1. The van der Waals surface area contributed by atoms with Crippen molar-refractivity contribution < 1.29 is 4.79 Å². The average Bonchev–Trinajstić information content (AvgIpc) is 2.80. The number of carbonyl (C=O) groups is 1. The number of para-hydroxylation sites is 1. The van der Waals surface area contributed by atoms with Crippen molar-refractivity contribution in [3.05, 3.63) is 57.0 Å². The summed E-state index contributed by atoms with van der Waals surface area (Å²) in [6, 6.07) is 7.31. The first-order valence-corrected chi connectivity index (χ1v) is 10.4. The van der Waals surface area contributed by atoms with Crippen molar-refractivity contribution in [3.8, 4) is 0 Å². The van der Waals surface area contributed by atoms with Crippen LogP contribution in [0.4, 0.5) is 5.69 Å². The third-order valence-electron chi connectivity index (χ3n) is 5.75. The third-order valence-corrected chi connectivity index (χ3v) is 6.95. The molecule has 2 aliphatic rings. The monoisotopic (exact) mass is 379 g/mol.